The van der Waals surface area contributed by atoms with Crippen LogP contribution in [0.25, 0.3) is 0 Å². The number of phenols is 2. The number of Topliss-reactive ketones (excluding diaryl/α,β-unsaturated/α-hetero) is 1. The largest absolute Gasteiger partial charge is 0.507 e. The van der Waals surface area contributed by atoms with Crippen LogP contribution in [-0.4, -0.2) is 22.1 Å². The number of fused-ring (bicyclic) bond motifs is 1. The minimum absolute atomic E-state index is 0.0272. The van der Waals surface area contributed by atoms with Crippen molar-refractivity contribution in [3.8, 4) is 17.2 Å². The van der Waals surface area contributed by atoms with Gasteiger partial charge in [-0.15, -0.1) is 0 Å². The highest BCUT2D eigenvalue weighted by Gasteiger charge is 2.29. The Morgan fingerprint density at radius 2 is 2.19 bits per heavy atom. The molecule has 1 unspecified atom stereocenters. The molecule has 1 heterocycles. The Labute approximate surface area is 93.5 Å². The van der Waals surface area contributed by atoms with Crippen LogP contribution in [0.1, 0.15) is 36.2 Å². The normalized spacial score (nSPS) is 19.1. The Morgan fingerprint density at radius 3 is 2.81 bits per heavy atom. The van der Waals surface area contributed by atoms with Gasteiger partial charge in [-0.25, -0.2) is 0 Å². The van der Waals surface area contributed by atoms with Crippen LogP contribution < -0.4 is 4.74 Å². The molecule has 0 bridgehead atoms. The maximum Gasteiger partial charge on any atom is 0.174 e. The van der Waals surface area contributed by atoms with Gasteiger partial charge >= 0.3 is 0 Å². The summed E-state index contributed by atoms with van der Waals surface area (Å²) in [6, 6.07) is 1.40. The molecular weight excluding hydrogens is 208 g/mol. The predicted octanol–water partition coefficient (Wildman–Crippen LogP) is 2.01. The van der Waals surface area contributed by atoms with Gasteiger partial charge in [-0.2, -0.15) is 0 Å². The first-order chi connectivity index (χ1) is 7.54. The summed E-state index contributed by atoms with van der Waals surface area (Å²) in [4.78, 5) is 11.8. The summed E-state index contributed by atoms with van der Waals surface area (Å²) in [5, 5.41) is 19.6. The van der Waals surface area contributed by atoms with Gasteiger partial charge in [0.25, 0.3) is 0 Å². The van der Waals surface area contributed by atoms with Crippen molar-refractivity contribution in [3.63, 3.8) is 0 Å². The second-order valence-electron chi connectivity index (χ2n) is 4.01. The number of hydrogen-bond acceptors (Lipinski definition) is 4. The minimum atomic E-state index is -0.216. The fourth-order valence-corrected chi connectivity index (χ4v) is 2.00. The monoisotopic (exact) mass is 222 g/mol. The molecule has 4 heteroatoms. The van der Waals surface area contributed by atoms with E-state index < -0.39 is 0 Å². The number of ketones is 1. The lowest BCUT2D eigenvalue weighted by molar-refractivity contribution is 0.0865. The summed E-state index contributed by atoms with van der Waals surface area (Å²) >= 11 is 0. The van der Waals surface area contributed by atoms with Crippen molar-refractivity contribution in [1.82, 2.24) is 0 Å². The molecule has 0 aromatic heterocycles. The smallest absolute Gasteiger partial charge is 0.174 e. The molecule has 1 aliphatic rings. The van der Waals surface area contributed by atoms with Gasteiger partial charge in [-0.1, -0.05) is 6.92 Å². The van der Waals surface area contributed by atoms with Crippen LogP contribution in [0.4, 0.5) is 0 Å². The highest BCUT2D eigenvalue weighted by atomic mass is 16.5. The minimum Gasteiger partial charge on any atom is -0.507 e. The summed E-state index contributed by atoms with van der Waals surface area (Å²) < 4.78 is 5.42. The van der Waals surface area contributed by atoms with Crippen LogP contribution in [0, 0.1) is 0 Å². The molecule has 1 aromatic rings. The first-order valence-electron chi connectivity index (χ1n) is 5.32. The third kappa shape index (κ3) is 1.50. The zero-order valence-corrected chi connectivity index (χ0v) is 9.28. The number of carbonyl (C=O) groups excluding carboxylic acids is 1. The number of phenolic OH excluding ortho intramolecular Hbond substituents is 2. The van der Waals surface area contributed by atoms with Gasteiger partial charge in [-0.3, -0.25) is 4.79 Å². The molecule has 1 atom stereocenters. The lowest BCUT2D eigenvalue weighted by Gasteiger charge is -2.24. The predicted molar refractivity (Wildman–Crippen MR) is 58.2 cm³/mol. The molecule has 1 aromatic carbocycles. The van der Waals surface area contributed by atoms with E-state index in [1.54, 1.807) is 13.8 Å². The number of benzene rings is 1. The van der Waals surface area contributed by atoms with Crippen LogP contribution in [0.3, 0.4) is 0 Å². The lowest BCUT2D eigenvalue weighted by Crippen LogP contribution is -2.24. The topological polar surface area (TPSA) is 66.8 Å². The number of ether oxygens (including phenoxy) is 1. The molecule has 0 saturated carbocycles. The van der Waals surface area contributed by atoms with E-state index in [2.05, 4.69) is 0 Å². The maximum atomic E-state index is 11.8. The molecule has 4 nitrogen and oxygen atoms in total. The Hall–Kier alpha value is -1.71. The van der Waals surface area contributed by atoms with E-state index in [0.717, 1.165) is 0 Å². The number of hydrogen-bond donors (Lipinski definition) is 2. The van der Waals surface area contributed by atoms with E-state index in [0.29, 0.717) is 12.0 Å². The molecule has 86 valence electrons. The van der Waals surface area contributed by atoms with Crippen molar-refractivity contribution in [1.29, 1.82) is 0 Å². The summed E-state index contributed by atoms with van der Waals surface area (Å²) in [6.07, 6.45) is 0.508. The van der Waals surface area contributed by atoms with E-state index in [1.807, 2.05) is 0 Å². The van der Waals surface area contributed by atoms with Crippen molar-refractivity contribution in [2.45, 2.75) is 32.8 Å². The van der Waals surface area contributed by atoms with Crippen LogP contribution in [-0.2, 0) is 6.42 Å². The molecule has 0 aliphatic carbocycles. The van der Waals surface area contributed by atoms with Gasteiger partial charge in [0.1, 0.15) is 28.9 Å². The highest BCUT2D eigenvalue weighted by Crippen LogP contribution is 2.41. The van der Waals surface area contributed by atoms with E-state index in [1.165, 1.54) is 6.07 Å². The van der Waals surface area contributed by atoms with Crippen molar-refractivity contribution < 1.29 is 19.7 Å². The van der Waals surface area contributed by atoms with Crippen molar-refractivity contribution in [2.24, 2.45) is 0 Å². The summed E-state index contributed by atoms with van der Waals surface area (Å²) in [6.45, 7) is 3.58. The van der Waals surface area contributed by atoms with Gasteiger partial charge in [0.05, 0.1) is 0 Å². The average Bonchev–Trinajstić information content (AvgIpc) is 2.15. The highest BCUT2D eigenvalue weighted by molar-refractivity contribution is 6.03. The summed E-state index contributed by atoms with van der Waals surface area (Å²) in [5.74, 6) is -0.0352. The number of carbonyl (C=O) groups is 1. The van der Waals surface area contributed by atoms with Crippen LogP contribution >= 0.6 is 0 Å². The SMILES string of the molecule is CCc1c(O)cc2c(c1O)C(=O)CC(C)O2. The quantitative estimate of drug-likeness (QED) is 0.762. The first kappa shape index (κ1) is 10.8. The second-order valence-corrected chi connectivity index (χ2v) is 4.01. The van der Waals surface area contributed by atoms with Crippen molar-refractivity contribution >= 4 is 5.78 Å². The Bertz CT molecular complexity index is 451. The first-order valence-corrected chi connectivity index (χ1v) is 5.32. The number of rotatable bonds is 1. The summed E-state index contributed by atoms with van der Waals surface area (Å²) in [7, 11) is 0. The van der Waals surface area contributed by atoms with Gasteiger partial charge in [-0.05, 0) is 13.3 Å². The van der Waals surface area contributed by atoms with E-state index >= 15 is 0 Å². The zero-order valence-electron chi connectivity index (χ0n) is 9.28. The number of aromatic hydroxyl groups is 2. The molecule has 0 saturated heterocycles. The standard InChI is InChI=1S/C12H14O4/c1-3-7-8(13)5-10-11(12(7)15)9(14)4-6(2)16-10/h5-6,13,15H,3-4H2,1-2H3. The third-order valence-corrected chi connectivity index (χ3v) is 2.78. The fraction of sp³-hybridized carbons (Fsp3) is 0.417. The lowest BCUT2D eigenvalue weighted by atomic mass is 9.96. The molecule has 0 amide bonds. The van der Waals surface area contributed by atoms with Crippen LogP contribution in [0.2, 0.25) is 0 Å². The molecule has 2 rings (SSSR count). The van der Waals surface area contributed by atoms with Crippen molar-refractivity contribution in [3.05, 3.63) is 17.2 Å². The second kappa shape index (κ2) is 3.70. The summed E-state index contributed by atoms with van der Waals surface area (Å²) in [5.41, 5.74) is 0.595. The third-order valence-electron chi connectivity index (χ3n) is 2.78. The Morgan fingerprint density at radius 1 is 1.50 bits per heavy atom. The average molecular weight is 222 g/mol. The molecular formula is C12H14O4. The molecule has 1 aliphatic heterocycles. The maximum absolute atomic E-state index is 11.8. The van der Waals surface area contributed by atoms with Gasteiger partial charge in [0, 0.05) is 18.1 Å². The van der Waals surface area contributed by atoms with E-state index in [9.17, 15) is 15.0 Å². The van der Waals surface area contributed by atoms with Crippen molar-refractivity contribution in [2.75, 3.05) is 0 Å². The van der Waals surface area contributed by atoms with Gasteiger partial charge in [0.15, 0.2) is 5.78 Å². The Balaban J connectivity index is 2.64. The molecule has 16 heavy (non-hydrogen) atoms. The molecule has 0 fully saturated rings. The molecule has 2 N–H and O–H groups in total. The van der Waals surface area contributed by atoms with Crippen LogP contribution in [0.15, 0.2) is 6.07 Å². The molecule has 0 spiro atoms. The molecule has 0 radical (unpaired) electrons. The van der Waals surface area contributed by atoms with Gasteiger partial charge < -0.3 is 14.9 Å². The van der Waals surface area contributed by atoms with Crippen LogP contribution in [0.5, 0.6) is 17.2 Å². The van der Waals surface area contributed by atoms with Gasteiger partial charge in [0.2, 0.25) is 0 Å². The van der Waals surface area contributed by atoms with E-state index in [4.69, 9.17) is 4.74 Å². The van der Waals surface area contributed by atoms with E-state index in [-0.39, 0.29) is 41.1 Å². The fourth-order valence-electron chi connectivity index (χ4n) is 2.00. The zero-order chi connectivity index (χ0) is 11.9. The Kier molecular flexibility index (Phi) is 2.50.